The molecule has 5 nitrogen and oxygen atoms in total. The average molecular weight is 336 g/mol. The van der Waals surface area contributed by atoms with E-state index in [1.165, 1.54) is 4.68 Å². The number of esters is 1. The zero-order valence-electron chi connectivity index (χ0n) is 14.5. The van der Waals surface area contributed by atoms with E-state index in [9.17, 15) is 9.59 Å². The van der Waals surface area contributed by atoms with E-state index in [4.69, 9.17) is 4.74 Å². The predicted molar refractivity (Wildman–Crippen MR) is 96.7 cm³/mol. The van der Waals surface area contributed by atoms with E-state index in [0.717, 1.165) is 5.56 Å². The first-order chi connectivity index (χ1) is 12.0. The Morgan fingerprint density at radius 1 is 0.960 bits per heavy atom. The van der Waals surface area contributed by atoms with Crippen molar-refractivity contribution in [3.8, 4) is 0 Å². The van der Waals surface area contributed by atoms with Gasteiger partial charge in [-0.3, -0.25) is 4.79 Å². The molecule has 0 bridgehead atoms. The van der Waals surface area contributed by atoms with Gasteiger partial charge in [-0.1, -0.05) is 48.5 Å². The van der Waals surface area contributed by atoms with Gasteiger partial charge in [-0.15, -0.1) is 0 Å². The molecule has 1 heterocycles. The normalized spacial score (nSPS) is 12.3. The van der Waals surface area contributed by atoms with Gasteiger partial charge in [-0.2, -0.15) is 5.10 Å². The van der Waals surface area contributed by atoms with Crippen molar-refractivity contribution in [3.05, 3.63) is 76.2 Å². The van der Waals surface area contributed by atoms with Crippen molar-refractivity contribution in [1.29, 1.82) is 0 Å². The molecule has 1 atom stereocenters. The molecule has 1 aromatic heterocycles. The predicted octanol–water partition coefficient (Wildman–Crippen LogP) is 3.90. The third-order valence-corrected chi connectivity index (χ3v) is 4.06. The first-order valence-electron chi connectivity index (χ1n) is 8.26. The van der Waals surface area contributed by atoms with Crippen LogP contribution in [-0.4, -0.2) is 15.7 Å². The van der Waals surface area contributed by atoms with Gasteiger partial charge >= 0.3 is 5.97 Å². The van der Waals surface area contributed by atoms with Crippen LogP contribution < -0.4 is 5.56 Å². The molecule has 0 fully saturated rings. The summed E-state index contributed by atoms with van der Waals surface area (Å²) in [4.78, 5) is 25.3. The molecule has 128 valence electrons. The van der Waals surface area contributed by atoms with E-state index in [1.807, 2.05) is 51.1 Å². The number of carbonyl (C=O) groups excluding carboxylic acids is 1. The van der Waals surface area contributed by atoms with Crippen LogP contribution in [0.5, 0.6) is 0 Å². The van der Waals surface area contributed by atoms with E-state index in [1.54, 1.807) is 24.3 Å². The summed E-state index contributed by atoms with van der Waals surface area (Å²) in [5.41, 5.74) is 0.849. The molecule has 3 rings (SSSR count). The van der Waals surface area contributed by atoms with Gasteiger partial charge in [0.05, 0.1) is 11.4 Å². The second kappa shape index (κ2) is 6.89. The molecule has 5 heteroatoms. The van der Waals surface area contributed by atoms with Crippen molar-refractivity contribution in [2.45, 2.75) is 32.9 Å². The molecule has 25 heavy (non-hydrogen) atoms. The molecule has 2 aromatic carbocycles. The molecule has 0 saturated carbocycles. The maximum Gasteiger partial charge on any atom is 0.360 e. The maximum atomic E-state index is 12.7. The van der Waals surface area contributed by atoms with E-state index >= 15 is 0 Å². The van der Waals surface area contributed by atoms with Gasteiger partial charge in [0.1, 0.15) is 6.10 Å². The van der Waals surface area contributed by atoms with E-state index in [-0.39, 0.29) is 17.3 Å². The lowest BCUT2D eigenvalue weighted by Crippen LogP contribution is -2.28. The number of fused-ring (bicyclic) bond motifs is 1. The fourth-order valence-electron chi connectivity index (χ4n) is 2.72. The summed E-state index contributed by atoms with van der Waals surface area (Å²) in [7, 11) is 0. The second-order valence-corrected chi connectivity index (χ2v) is 6.20. The van der Waals surface area contributed by atoms with Crippen LogP contribution in [0.15, 0.2) is 59.4 Å². The lowest BCUT2D eigenvalue weighted by Gasteiger charge is -2.16. The first kappa shape index (κ1) is 16.9. The molecule has 3 aromatic rings. The van der Waals surface area contributed by atoms with E-state index < -0.39 is 12.1 Å². The lowest BCUT2D eigenvalue weighted by molar-refractivity contribution is 0.0330. The van der Waals surface area contributed by atoms with Gasteiger partial charge in [-0.05, 0) is 32.4 Å². The fourth-order valence-corrected chi connectivity index (χ4v) is 2.72. The first-order valence-corrected chi connectivity index (χ1v) is 8.26. The van der Waals surface area contributed by atoms with Crippen molar-refractivity contribution >= 4 is 16.7 Å². The van der Waals surface area contributed by atoms with Gasteiger partial charge in [0.25, 0.3) is 5.56 Å². The van der Waals surface area contributed by atoms with Crippen LogP contribution in [0, 0.1) is 0 Å². The van der Waals surface area contributed by atoms with Crippen LogP contribution in [-0.2, 0) is 4.74 Å². The Balaban J connectivity index is 2.04. The van der Waals surface area contributed by atoms with E-state index in [0.29, 0.717) is 10.8 Å². The minimum absolute atomic E-state index is 0.157. The standard InChI is InChI=1S/C20H20N2O3/c1-13(2)22-19(23)17-12-8-7-11-16(17)18(21-22)20(24)25-14(3)15-9-5-4-6-10-15/h4-14H,1-3H3. The van der Waals surface area contributed by atoms with Crippen molar-refractivity contribution < 1.29 is 9.53 Å². The highest BCUT2D eigenvalue weighted by Crippen LogP contribution is 2.21. The Morgan fingerprint density at radius 2 is 1.56 bits per heavy atom. The molecule has 0 saturated heterocycles. The van der Waals surface area contributed by atoms with Gasteiger partial charge in [0, 0.05) is 5.39 Å². The fraction of sp³-hybridized carbons (Fsp3) is 0.250. The van der Waals surface area contributed by atoms with Crippen molar-refractivity contribution in [3.63, 3.8) is 0 Å². The largest absolute Gasteiger partial charge is 0.453 e. The molecule has 1 unspecified atom stereocenters. The molecule has 0 aliphatic carbocycles. The third-order valence-electron chi connectivity index (χ3n) is 4.06. The van der Waals surface area contributed by atoms with Crippen LogP contribution in [0.4, 0.5) is 0 Å². The summed E-state index contributed by atoms with van der Waals surface area (Å²) < 4.78 is 6.91. The molecular formula is C20H20N2O3. The zero-order chi connectivity index (χ0) is 18.0. The number of hydrogen-bond acceptors (Lipinski definition) is 4. The molecule has 0 radical (unpaired) electrons. The monoisotopic (exact) mass is 336 g/mol. The van der Waals surface area contributed by atoms with Crippen LogP contribution in [0.3, 0.4) is 0 Å². The number of hydrogen-bond donors (Lipinski definition) is 0. The Hall–Kier alpha value is -2.95. The highest BCUT2D eigenvalue weighted by atomic mass is 16.5. The van der Waals surface area contributed by atoms with E-state index in [2.05, 4.69) is 5.10 Å². The Morgan fingerprint density at radius 3 is 2.20 bits per heavy atom. The number of carbonyl (C=O) groups is 1. The summed E-state index contributed by atoms with van der Waals surface area (Å²) in [6.45, 7) is 5.52. The number of ether oxygens (including phenoxy) is 1. The molecular weight excluding hydrogens is 316 g/mol. The summed E-state index contributed by atoms with van der Waals surface area (Å²) in [5, 5.41) is 5.25. The van der Waals surface area contributed by atoms with Gasteiger partial charge in [0.15, 0.2) is 5.69 Å². The quantitative estimate of drug-likeness (QED) is 0.678. The Kier molecular flexibility index (Phi) is 4.65. The van der Waals surface area contributed by atoms with Crippen molar-refractivity contribution in [1.82, 2.24) is 9.78 Å². The minimum Gasteiger partial charge on any atom is -0.453 e. The summed E-state index contributed by atoms with van der Waals surface area (Å²) in [6.07, 6.45) is -0.409. The summed E-state index contributed by atoms with van der Waals surface area (Å²) >= 11 is 0. The number of nitrogens with zero attached hydrogens (tertiary/aromatic N) is 2. The van der Waals surface area contributed by atoms with Gasteiger partial charge < -0.3 is 4.74 Å². The SMILES string of the molecule is CC(OC(=O)c1nn(C(C)C)c(=O)c2ccccc12)c1ccccc1. The Labute approximate surface area is 145 Å². The topological polar surface area (TPSA) is 61.2 Å². The highest BCUT2D eigenvalue weighted by Gasteiger charge is 2.21. The molecule has 0 N–H and O–H groups in total. The number of rotatable bonds is 4. The molecule has 0 spiro atoms. The van der Waals surface area contributed by atoms with Crippen LogP contribution in [0.1, 0.15) is 49.0 Å². The minimum atomic E-state index is -0.540. The lowest BCUT2D eigenvalue weighted by atomic mass is 10.1. The molecule has 0 amide bonds. The van der Waals surface area contributed by atoms with Crippen LogP contribution in [0.25, 0.3) is 10.8 Å². The number of aromatic nitrogens is 2. The zero-order valence-corrected chi connectivity index (χ0v) is 14.5. The summed E-state index contributed by atoms with van der Waals surface area (Å²) in [5.74, 6) is -0.540. The molecule has 0 aliphatic rings. The maximum absolute atomic E-state index is 12.7. The molecule has 0 aliphatic heterocycles. The van der Waals surface area contributed by atoms with Crippen LogP contribution in [0.2, 0.25) is 0 Å². The van der Waals surface area contributed by atoms with Crippen LogP contribution >= 0.6 is 0 Å². The number of benzene rings is 2. The van der Waals surface area contributed by atoms with Gasteiger partial charge in [0.2, 0.25) is 0 Å². The van der Waals surface area contributed by atoms with Gasteiger partial charge in [-0.25, -0.2) is 9.48 Å². The Bertz CT molecular complexity index is 962. The highest BCUT2D eigenvalue weighted by molar-refractivity contribution is 6.02. The third kappa shape index (κ3) is 3.31. The second-order valence-electron chi connectivity index (χ2n) is 6.20. The van der Waals surface area contributed by atoms with Crippen molar-refractivity contribution in [2.75, 3.05) is 0 Å². The average Bonchev–Trinajstić information content (AvgIpc) is 2.62. The summed E-state index contributed by atoms with van der Waals surface area (Å²) in [6, 6.07) is 16.3. The van der Waals surface area contributed by atoms with Crippen molar-refractivity contribution in [2.24, 2.45) is 0 Å². The smallest absolute Gasteiger partial charge is 0.360 e.